The van der Waals surface area contributed by atoms with Gasteiger partial charge >= 0.3 is 12.2 Å². The summed E-state index contributed by atoms with van der Waals surface area (Å²) in [5.74, 6) is -0.976. The zero-order valence-electron chi connectivity index (χ0n) is 19.7. The molecule has 0 aromatic heterocycles. The highest BCUT2D eigenvalue weighted by molar-refractivity contribution is 5.92. The summed E-state index contributed by atoms with van der Waals surface area (Å²) in [7, 11) is 0. The van der Waals surface area contributed by atoms with Gasteiger partial charge in [-0.1, -0.05) is 67.6 Å². The molecule has 3 aromatic rings. The summed E-state index contributed by atoms with van der Waals surface area (Å²) in [6.45, 7) is 1.84. The Morgan fingerprint density at radius 1 is 1.06 bits per heavy atom. The van der Waals surface area contributed by atoms with E-state index >= 15 is 4.39 Å². The van der Waals surface area contributed by atoms with Crippen molar-refractivity contribution < 1.29 is 28.2 Å². The van der Waals surface area contributed by atoms with Crippen LogP contribution in [0.5, 0.6) is 0 Å². The molecule has 1 N–H and O–H groups in total. The maximum Gasteiger partial charge on any atom is 0.416 e. The molecule has 0 aliphatic carbocycles. The molecule has 3 aromatic carbocycles. The summed E-state index contributed by atoms with van der Waals surface area (Å²) in [4.78, 5) is 39.4. The Kier molecular flexibility index (Phi) is 7.79. The molecule has 0 saturated carbocycles. The number of ether oxygens (including phenoxy) is 2. The minimum Gasteiger partial charge on any atom is -0.444 e. The molecule has 9 heteroatoms. The maximum atomic E-state index is 15.4. The Morgan fingerprint density at radius 3 is 2.36 bits per heavy atom. The van der Waals surface area contributed by atoms with Gasteiger partial charge in [-0.25, -0.2) is 14.0 Å². The summed E-state index contributed by atoms with van der Waals surface area (Å²) in [6.07, 6.45) is -1.99. The number of benzene rings is 3. The minimum absolute atomic E-state index is 0.00376. The van der Waals surface area contributed by atoms with Gasteiger partial charge in [0.2, 0.25) is 5.91 Å². The van der Waals surface area contributed by atoms with E-state index in [1.807, 2.05) is 60.7 Å². The molecule has 1 heterocycles. The second-order valence-electron chi connectivity index (χ2n) is 8.15. The number of rotatable bonds is 8. The Labute approximate surface area is 208 Å². The molecule has 186 valence electrons. The lowest BCUT2D eigenvalue weighted by Crippen LogP contribution is -2.37. The maximum absolute atomic E-state index is 15.4. The highest BCUT2D eigenvalue weighted by Crippen LogP contribution is 2.29. The van der Waals surface area contributed by atoms with E-state index in [0.717, 1.165) is 17.2 Å². The number of halogens is 1. The van der Waals surface area contributed by atoms with Crippen molar-refractivity contribution in [2.45, 2.75) is 32.7 Å². The molecule has 1 fully saturated rings. The zero-order chi connectivity index (χ0) is 25.5. The van der Waals surface area contributed by atoms with Crippen LogP contribution >= 0.6 is 0 Å². The molecule has 1 saturated heterocycles. The summed E-state index contributed by atoms with van der Waals surface area (Å²) in [5, 5.41) is 2.59. The zero-order valence-corrected chi connectivity index (χ0v) is 19.7. The van der Waals surface area contributed by atoms with E-state index in [9.17, 15) is 14.4 Å². The molecule has 0 bridgehead atoms. The van der Waals surface area contributed by atoms with Crippen LogP contribution in [-0.4, -0.2) is 30.9 Å². The molecule has 8 nitrogen and oxygen atoms in total. The summed E-state index contributed by atoms with van der Waals surface area (Å²) >= 11 is 0. The lowest BCUT2D eigenvalue weighted by molar-refractivity contribution is -0.123. The largest absolute Gasteiger partial charge is 0.444 e. The summed E-state index contributed by atoms with van der Waals surface area (Å²) in [6, 6.07) is 22.5. The van der Waals surface area contributed by atoms with E-state index in [-0.39, 0.29) is 43.4 Å². The first-order chi connectivity index (χ1) is 17.4. The summed E-state index contributed by atoms with van der Waals surface area (Å²) in [5.41, 5.74) is 1.84. The van der Waals surface area contributed by atoms with Crippen LogP contribution in [0.3, 0.4) is 0 Å². The topological polar surface area (TPSA) is 88.2 Å². The molecule has 0 spiro atoms. The van der Waals surface area contributed by atoms with Crippen LogP contribution in [0, 0.1) is 5.82 Å². The number of carbonyl (C=O) groups is 3. The lowest BCUT2D eigenvalue weighted by Gasteiger charge is -2.24. The van der Waals surface area contributed by atoms with Crippen molar-refractivity contribution in [3.05, 3.63) is 95.8 Å². The van der Waals surface area contributed by atoms with Crippen molar-refractivity contribution in [3.63, 3.8) is 0 Å². The van der Waals surface area contributed by atoms with Crippen LogP contribution in [0.2, 0.25) is 0 Å². The molecule has 1 aliphatic heterocycles. The molecule has 0 radical (unpaired) electrons. The SMILES string of the molecule is CCC(=O)NC1CN(c2ccc(N(Cc3ccccc3)C(=O)OCc3ccccc3)c(F)c2)C(=O)O1. The van der Waals surface area contributed by atoms with Gasteiger partial charge in [0.1, 0.15) is 12.4 Å². The molecule has 1 aliphatic rings. The number of anilines is 2. The van der Waals surface area contributed by atoms with Crippen molar-refractivity contribution in [2.75, 3.05) is 16.3 Å². The van der Waals surface area contributed by atoms with E-state index in [1.54, 1.807) is 6.92 Å². The molecule has 1 unspecified atom stereocenters. The quantitative estimate of drug-likeness (QED) is 0.480. The van der Waals surface area contributed by atoms with Crippen LogP contribution in [-0.2, 0) is 27.4 Å². The van der Waals surface area contributed by atoms with Crippen LogP contribution in [0.1, 0.15) is 24.5 Å². The van der Waals surface area contributed by atoms with Gasteiger partial charge in [-0.15, -0.1) is 0 Å². The Bertz CT molecular complexity index is 1220. The van der Waals surface area contributed by atoms with Gasteiger partial charge < -0.3 is 14.8 Å². The normalized spacial score (nSPS) is 14.8. The highest BCUT2D eigenvalue weighted by atomic mass is 19.1. The van der Waals surface area contributed by atoms with E-state index < -0.39 is 24.2 Å². The highest BCUT2D eigenvalue weighted by Gasteiger charge is 2.34. The number of carbonyl (C=O) groups excluding carboxylic acids is 3. The van der Waals surface area contributed by atoms with Crippen LogP contribution in [0.25, 0.3) is 0 Å². The molecular formula is C27H26FN3O5. The fraction of sp³-hybridized carbons (Fsp3) is 0.222. The van der Waals surface area contributed by atoms with Crippen molar-refractivity contribution in [3.8, 4) is 0 Å². The van der Waals surface area contributed by atoms with Crippen molar-refractivity contribution in [1.29, 1.82) is 0 Å². The van der Waals surface area contributed by atoms with E-state index in [1.165, 1.54) is 21.9 Å². The second kappa shape index (κ2) is 11.4. The second-order valence-corrected chi connectivity index (χ2v) is 8.15. The average molecular weight is 492 g/mol. The first-order valence-electron chi connectivity index (χ1n) is 11.5. The van der Waals surface area contributed by atoms with Gasteiger partial charge in [0.15, 0.2) is 6.23 Å². The number of hydrogen-bond acceptors (Lipinski definition) is 5. The summed E-state index contributed by atoms with van der Waals surface area (Å²) < 4.78 is 26.0. The van der Waals surface area contributed by atoms with E-state index in [2.05, 4.69) is 5.32 Å². The van der Waals surface area contributed by atoms with Gasteiger partial charge in [-0.2, -0.15) is 0 Å². The van der Waals surface area contributed by atoms with Gasteiger partial charge in [0.05, 0.1) is 24.5 Å². The molecule has 3 amide bonds. The number of cyclic esters (lactones) is 1. The lowest BCUT2D eigenvalue weighted by atomic mass is 10.2. The number of nitrogens with one attached hydrogen (secondary N) is 1. The van der Waals surface area contributed by atoms with Crippen molar-refractivity contribution >= 4 is 29.5 Å². The van der Waals surface area contributed by atoms with Gasteiger partial charge in [-0.05, 0) is 29.3 Å². The third-order valence-electron chi connectivity index (χ3n) is 5.60. The van der Waals surface area contributed by atoms with E-state index in [0.29, 0.717) is 0 Å². The monoisotopic (exact) mass is 491 g/mol. The smallest absolute Gasteiger partial charge is 0.416 e. The molecular weight excluding hydrogens is 465 g/mol. The standard InChI is InChI=1S/C27H26FN3O5/c1-2-24(32)29-25-17-30(27(34)36-25)21-13-14-23(22(28)15-21)31(16-19-9-5-3-6-10-19)26(33)35-18-20-11-7-4-8-12-20/h3-15,25H,2,16-18H2,1H3,(H,29,32). The minimum atomic E-state index is -0.824. The average Bonchev–Trinajstić information content (AvgIpc) is 3.26. The molecule has 4 rings (SSSR count). The fourth-order valence-corrected chi connectivity index (χ4v) is 3.72. The van der Waals surface area contributed by atoms with Crippen LogP contribution < -0.4 is 15.1 Å². The van der Waals surface area contributed by atoms with Gasteiger partial charge in [0.25, 0.3) is 0 Å². The first-order valence-corrected chi connectivity index (χ1v) is 11.5. The number of nitrogens with zero attached hydrogens (tertiary/aromatic N) is 2. The molecule has 1 atom stereocenters. The molecule has 36 heavy (non-hydrogen) atoms. The van der Waals surface area contributed by atoms with Crippen LogP contribution in [0.4, 0.5) is 25.4 Å². The van der Waals surface area contributed by atoms with Gasteiger partial charge in [0, 0.05) is 6.42 Å². The third kappa shape index (κ3) is 5.99. The van der Waals surface area contributed by atoms with Gasteiger partial charge in [-0.3, -0.25) is 14.6 Å². The first kappa shape index (κ1) is 24.7. The predicted molar refractivity (Wildman–Crippen MR) is 132 cm³/mol. The van der Waals surface area contributed by atoms with Crippen molar-refractivity contribution in [2.24, 2.45) is 0 Å². The van der Waals surface area contributed by atoms with E-state index in [4.69, 9.17) is 9.47 Å². The van der Waals surface area contributed by atoms with Crippen LogP contribution in [0.15, 0.2) is 78.9 Å². The number of amides is 3. The predicted octanol–water partition coefficient (Wildman–Crippen LogP) is 4.98. The third-order valence-corrected chi connectivity index (χ3v) is 5.60. The Hall–Kier alpha value is -4.40. The van der Waals surface area contributed by atoms with Crippen molar-refractivity contribution in [1.82, 2.24) is 5.32 Å². The Morgan fingerprint density at radius 2 is 1.72 bits per heavy atom. The Balaban J connectivity index is 1.54. The number of hydrogen-bond donors (Lipinski definition) is 1. The fourth-order valence-electron chi connectivity index (χ4n) is 3.72.